The van der Waals surface area contributed by atoms with Gasteiger partial charge in [0.15, 0.2) is 0 Å². The van der Waals surface area contributed by atoms with Gasteiger partial charge in [0.05, 0.1) is 5.92 Å². The van der Waals surface area contributed by atoms with Crippen molar-refractivity contribution in [3.05, 3.63) is 35.9 Å². The first-order valence-corrected chi connectivity index (χ1v) is 11.0. The fourth-order valence-electron chi connectivity index (χ4n) is 5.76. The molecule has 3 heterocycles. The van der Waals surface area contributed by atoms with Crippen LogP contribution in [-0.4, -0.2) is 60.5 Å². The lowest BCUT2D eigenvalue weighted by Gasteiger charge is -2.51. The first-order valence-electron chi connectivity index (χ1n) is 11.0. The molecule has 4 heteroatoms. The summed E-state index contributed by atoms with van der Waals surface area (Å²) >= 11 is 0. The van der Waals surface area contributed by atoms with Crippen molar-refractivity contribution in [2.75, 3.05) is 32.7 Å². The van der Waals surface area contributed by atoms with Crippen LogP contribution in [0.15, 0.2) is 30.3 Å². The highest BCUT2D eigenvalue weighted by Gasteiger charge is 2.49. The van der Waals surface area contributed by atoms with Gasteiger partial charge in [-0.15, -0.1) is 0 Å². The van der Waals surface area contributed by atoms with E-state index in [1.54, 1.807) is 0 Å². The summed E-state index contributed by atoms with van der Waals surface area (Å²) < 4.78 is 0. The third kappa shape index (κ3) is 3.54. The Kier molecular flexibility index (Phi) is 4.73. The van der Waals surface area contributed by atoms with Crippen molar-refractivity contribution in [2.24, 2.45) is 5.41 Å². The van der Waals surface area contributed by atoms with Gasteiger partial charge in [0, 0.05) is 18.6 Å². The monoisotopic (exact) mass is 367 g/mol. The van der Waals surface area contributed by atoms with Crippen LogP contribution in [0.25, 0.3) is 0 Å². The number of nitrogens with one attached hydrogen (secondary N) is 1. The van der Waals surface area contributed by atoms with Gasteiger partial charge in [-0.25, -0.2) is 0 Å². The average Bonchev–Trinajstić information content (AvgIpc) is 3.57. The Balaban J connectivity index is 1.33. The number of amides is 1. The van der Waals surface area contributed by atoms with Gasteiger partial charge in [0.1, 0.15) is 0 Å². The minimum atomic E-state index is 0.0750. The molecule has 1 spiro atoms. The van der Waals surface area contributed by atoms with E-state index in [1.807, 2.05) is 0 Å². The summed E-state index contributed by atoms with van der Waals surface area (Å²) in [7, 11) is 0. The summed E-state index contributed by atoms with van der Waals surface area (Å²) in [5.74, 6) is 0.473. The fraction of sp³-hybridized carbons (Fsp3) is 0.696. The van der Waals surface area contributed by atoms with E-state index in [9.17, 15) is 4.79 Å². The molecule has 4 nitrogen and oxygen atoms in total. The highest BCUT2D eigenvalue weighted by Crippen LogP contribution is 2.48. The Bertz CT molecular complexity index is 657. The van der Waals surface area contributed by atoms with E-state index in [0.717, 1.165) is 19.0 Å². The minimum Gasteiger partial charge on any atom is -0.339 e. The second-order valence-electron chi connectivity index (χ2n) is 9.38. The zero-order valence-corrected chi connectivity index (χ0v) is 16.4. The van der Waals surface area contributed by atoms with Crippen LogP contribution < -0.4 is 5.32 Å². The SMILES string of the molecule is O=C1[C@H](c2ccccc2)CC2(CCN(C3CCNCC3)CC2)CN1C1CC1. The molecule has 27 heavy (non-hydrogen) atoms. The van der Waals surface area contributed by atoms with Crippen molar-refractivity contribution >= 4 is 5.91 Å². The molecule has 4 fully saturated rings. The molecule has 1 aliphatic carbocycles. The summed E-state index contributed by atoms with van der Waals surface area (Å²) in [4.78, 5) is 18.3. The molecule has 0 bridgehead atoms. The van der Waals surface area contributed by atoms with Crippen LogP contribution >= 0.6 is 0 Å². The van der Waals surface area contributed by atoms with E-state index in [-0.39, 0.29) is 5.92 Å². The zero-order valence-electron chi connectivity index (χ0n) is 16.4. The second-order valence-corrected chi connectivity index (χ2v) is 9.38. The molecule has 146 valence electrons. The minimum absolute atomic E-state index is 0.0750. The number of rotatable bonds is 3. The lowest BCUT2D eigenvalue weighted by molar-refractivity contribution is -0.142. The zero-order chi connectivity index (χ0) is 18.3. The van der Waals surface area contributed by atoms with Crippen LogP contribution in [0.1, 0.15) is 56.4 Å². The van der Waals surface area contributed by atoms with Gasteiger partial charge in [-0.3, -0.25) is 4.79 Å². The van der Waals surface area contributed by atoms with Gasteiger partial charge < -0.3 is 15.1 Å². The average molecular weight is 368 g/mol. The van der Waals surface area contributed by atoms with Crippen LogP contribution in [0, 0.1) is 5.41 Å². The molecule has 1 aromatic carbocycles. The predicted molar refractivity (Wildman–Crippen MR) is 108 cm³/mol. The Morgan fingerprint density at radius 1 is 0.926 bits per heavy atom. The molecule has 1 saturated carbocycles. The van der Waals surface area contributed by atoms with Crippen LogP contribution in [0.5, 0.6) is 0 Å². The third-order valence-corrected chi connectivity index (χ3v) is 7.60. The maximum atomic E-state index is 13.3. The van der Waals surface area contributed by atoms with E-state index < -0.39 is 0 Å². The molecular formula is C23H33N3O. The van der Waals surface area contributed by atoms with Crippen LogP contribution in [-0.2, 0) is 4.79 Å². The van der Waals surface area contributed by atoms with E-state index in [2.05, 4.69) is 45.4 Å². The number of likely N-dealkylation sites (tertiary alicyclic amines) is 2. The van der Waals surface area contributed by atoms with Gasteiger partial charge >= 0.3 is 0 Å². The molecule has 0 unspecified atom stereocenters. The van der Waals surface area contributed by atoms with Crippen molar-refractivity contribution in [1.29, 1.82) is 0 Å². The predicted octanol–water partition coefficient (Wildman–Crippen LogP) is 3.00. The fourth-order valence-corrected chi connectivity index (χ4v) is 5.76. The number of hydrogen-bond acceptors (Lipinski definition) is 3. The topological polar surface area (TPSA) is 35.6 Å². The van der Waals surface area contributed by atoms with Gasteiger partial charge in [-0.1, -0.05) is 30.3 Å². The van der Waals surface area contributed by atoms with Gasteiger partial charge in [-0.05, 0) is 82.1 Å². The van der Waals surface area contributed by atoms with Crippen molar-refractivity contribution in [2.45, 2.75) is 62.9 Å². The molecule has 0 aromatic heterocycles. The normalized spacial score (nSPS) is 30.0. The van der Waals surface area contributed by atoms with Crippen LogP contribution in [0.3, 0.4) is 0 Å². The van der Waals surface area contributed by atoms with E-state index in [0.29, 0.717) is 17.4 Å². The molecule has 1 aromatic rings. The molecular weight excluding hydrogens is 334 g/mol. The smallest absolute Gasteiger partial charge is 0.230 e. The number of carbonyl (C=O) groups is 1. The Morgan fingerprint density at radius 3 is 2.30 bits per heavy atom. The highest BCUT2D eigenvalue weighted by molar-refractivity contribution is 5.85. The summed E-state index contributed by atoms with van der Waals surface area (Å²) in [6.45, 7) is 5.80. The molecule has 3 saturated heterocycles. The summed E-state index contributed by atoms with van der Waals surface area (Å²) in [5, 5.41) is 3.49. The number of hydrogen-bond donors (Lipinski definition) is 1. The first-order chi connectivity index (χ1) is 13.2. The molecule has 5 rings (SSSR count). The summed E-state index contributed by atoms with van der Waals surface area (Å²) in [6, 6.07) is 11.9. The van der Waals surface area contributed by atoms with Crippen LogP contribution in [0.4, 0.5) is 0 Å². The number of benzene rings is 1. The van der Waals surface area contributed by atoms with E-state index >= 15 is 0 Å². The van der Waals surface area contributed by atoms with Gasteiger partial charge in [0.2, 0.25) is 5.91 Å². The molecule has 0 radical (unpaired) electrons. The second kappa shape index (κ2) is 7.21. The van der Waals surface area contributed by atoms with Crippen molar-refractivity contribution in [1.82, 2.24) is 15.1 Å². The largest absolute Gasteiger partial charge is 0.339 e. The Hall–Kier alpha value is -1.39. The lowest BCUT2D eigenvalue weighted by atomic mass is 9.67. The highest BCUT2D eigenvalue weighted by atomic mass is 16.2. The Labute approximate surface area is 163 Å². The van der Waals surface area contributed by atoms with Crippen molar-refractivity contribution < 1.29 is 4.79 Å². The van der Waals surface area contributed by atoms with Crippen LogP contribution in [0.2, 0.25) is 0 Å². The quantitative estimate of drug-likeness (QED) is 0.892. The third-order valence-electron chi connectivity index (χ3n) is 7.60. The van der Waals surface area contributed by atoms with Crippen molar-refractivity contribution in [3.8, 4) is 0 Å². The van der Waals surface area contributed by atoms with Gasteiger partial charge in [-0.2, -0.15) is 0 Å². The Morgan fingerprint density at radius 2 is 1.63 bits per heavy atom. The van der Waals surface area contributed by atoms with E-state index in [1.165, 1.54) is 70.3 Å². The molecule has 1 atom stereocenters. The molecule has 1 amide bonds. The molecule has 1 N–H and O–H groups in total. The molecule has 4 aliphatic rings. The summed E-state index contributed by atoms with van der Waals surface area (Å²) in [6.07, 6.45) is 8.60. The lowest BCUT2D eigenvalue weighted by Crippen LogP contribution is -2.56. The maximum Gasteiger partial charge on any atom is 0.230 e. The van der Waals surface area contributed by atoms with E-state index in [4.69, 9.17) is 0 Å². The number of nitrogens with zero attached hydrogens (tertiary/aromatic N) is 2. The molecule has 3 aliphatic heterocycles. The van der Waals surface area contributed by atoms with Crippen molar-refractivity contribution in [3.63, 3.8) is 0 Å². The maximum absolute atomic E-state index is 13.3. The first kappa shape index (κ1) is 17.7. The number of piperidine rings is 3. The standard InChI is InChI=1S/C23H33N3O/c27-22-21(18-4-2-1-3-5-18)16-23(17-26(22)20-6-7-20)10-14-25(15-11-23)19-8-12-24-13-9-19/h1-5,19-21,24H,6-17H2/t21-/m0/s1. The number of carbonyl (C=O) groups excluding carboxylic acids is 1. The summed E-state index contributed by atoms with van der Waals surface area (Å²) in [5.41, 5.74) is 1.56. The van der Waals surface area contributed by atoms with Gasteiger partial charge in [0.25, 0.3) is 0 Å².